The first-order valence-electron chi connectivity index (χ1n) is 8.53. The number of carbonyl (C=O) groups excluding carboxylic acids is 2. The van der Waals surface area contributed by atoms with Gasteiger partial charge in [-0.1, -0.05) is 0 Å². The molecule has 0 fully saturated rings. The highest BCUT2D eigenvalue weighted by Gasteiger charge is 2.14. The Kier molecular flexibility index (Phi) is 7.20. The van der Waals surface area contributed by atoms with Gasteiger partial charge in [0.15, 0.2) is 11.5 Å². The molecular weight excluding hydrogens is 367 g/mol. The zero-order chi connectivity index (χ0) is 20.7. The third kappa shape index (κ3) is 5.35. The first-order valence-corrected chi connectivity index (χ1v) is 8.53. The van der Waals surface area contributed by atoms with E-state index in [1.807, 2.05) is 0 Å². The van der Waals surface area contributed by atoms with Crippen LogP contribution < -0.4 is 24.8 Å². The predicted molar refractivity (Wildman–Crippen MR) is 104 cm³/mol. The SMILES string of the molecule is COc1cc(CCC(=O)Nc2ccc(F)c(NC(C)=O)c2)cc(OC)c1OC. The average molecular weight is 390 g/mol. The zero-order valence-corrected chi connectivity index (χ0v) is 16.2. The lowest BCUT2D eigenvalue weighted by Crippen LogP contribution is -2.13. The summed E-state index contributed by atoms with van der Waals surface area (Å²) in [5, 5.41) is 5.06. The molecule has 0 aromatic heterocycles. The smallest absolute Gasteiger partial charge is 0.224 e. The third-order valence-corrected chi connectivity index (χ3v) is 3.93. The van der Waals surface area contributed by atoms with E-state index in [1.165, 1.54) is 46.5 Å². The molecule has 2 aromatic carbocycles. The number of ether oxygens (including phenoxy) is 3. The molecular formula is C20H23FN2O5. The number of benzene rings is 2. The largest absolute Gasteiger partial charge is 0.493 e. The van der Waals surface area contributed by atoms with Crippen LogP contribution in [0, 0.1) is 5.82 Å². The van der Waals surface area contributed by atoms with Crippen molar-refractivity contribution < 1.29 is 28.2 Å². The molecule has 0 bridgehead atoms. The summed E-state index contributed by atoms with van der Waals surface area (Å²) in [5.41, 5.74) is 1.23. The molecule has 150 valence electrons. The second-order valence-electron chi connectivity index (χ2n) is 5.96. The van der Waals surface area contributed by atoms with Crippen LogP contribution in [0.15, 0.2) is 30.3 Å². The quantitative estimate of drug-likeness (QED) is 0.722. The summed E-state index contributed by atoms with van der Waals surface area (Å²) in [7, 11) is 4.56. The van der Waals surface area contributed by atoms with Crippen molar-refractivity contribution in [1.82, 2.24) is 0 Å². The number of amides is 2. The van der Waals surface area contributed by atoms with E-state index < -0.39 is 11.7 Å². The Hall–Kier alpha value is -3.29. The standard InChI is InChI=1S/C20H23FN2O5/c1-12(24)22-16-11-14(6-7-15(16)21)23-19(25)8-5-13-9-17(26-2)20(28-4)18(10-13)27-3/h6-7,9-11H,5,8H2,1-4H3,(H,22,24)(H,23,25). The second kappa shape index (κ2) is 9.59. The van der Waals surface area contributed by atoms with E-state index in [1.54, 1.807) is 12.1 Å². The monoisotopic (exact) mass is 390 g/mol. The van der Waals surface area contributed by atoms with Crippen molar-refractivity contribution in [3.8, 4) is 17.2 Å². The number of aryl methyl sites for hydroxylation is 1. The van der Waals surface area contributed by atoms with Crippen LogP contribution in [0.2, 0.25) is 0 Å². The fourth-order valence-corrected chi connectivity index (χ4v) is 2.65. The van der Waals surface area contributed by atoms with Crippen molar-refractivity contribution in [3.05, 3.63) is 41.7 Å². The second-order valence-corrected chi connectivity index (χ2v) is 5.96. The molecule has 0 saturated carbocycles. The van der Waals surface area contributed by atoms with Crippen LogP contribution in [0.25, 0.3) is 0 Å². The molecule has 0 aliphatic rings. The molecule has 0 unspecified atom stereocenters. The number of methoxy groups -OCH3 is 3. The van der Waals surface area contributed by atoms with E-state index in [0.29, 0.717) is 29.4 Å². The van der Waals surface area contributed by atoms with Gasteiger partial charge in [-0.2, -0.15) is 0 Å². The maximum atomic E-state index is 13.7. The van der Waals surface area contributed by atoms with Gasteiger partial charge < -0.3 is 24.8 Å². The molecule has 0 aliphatic heterocycles. The Labute approximate surface area is 162 Å². The molecule has 7 nitrogen and oxygen atoms in total. The van der Waals surface area contributed by atoms with Gasteiger partial charge in [-0.05, 0) is 42.3 Å². The Morgan fingerprint density at radius 3 is 2.14 bits per heavy atom. The molecule has 0 radical (unpaired) electrons. The van der Waals surface area contributed by atoms with Crippen molar-refractivity contribution >= 4 is 23.2 Å². The number of halogens is 1. The van der Waals surface area contributed by atoms with Crippen molar-refractivity contribution in [2.75, 3.05) is 32.0 Å². The van der Waals surface area contributed by atoms with Crippen LogP contribution in [-0.2, 0) is 16.0 Å². The summed E-state index contributed by atoms with van der Waals surface area (Å²) in [5.74, 6) is 0.269. The summed E-state index contributed by atoms with van der Waals surface area (Å²) < 4.78 is 29.6. The van der Waals surface area contributed by atoms with Gasteiger partial charge in [-0.25, -0.2) is 4.39 Å². The number of nitrogens with one attached hydrogen (secondary N) is 2. The van der Waals surface area contributed by atoms with Crippen LogP contribution in [0.1, 0.15) is 18.9 Å². The number of carbonyl (C=O) groups is 2. The lowest BCUT2D eigenvalue weighted by Gasteiger charge is -2.14. The molecule has 0 heterocycles. The van der Waals surface area contributed by atoms with Crippen molar-refractivity contribution in [2.24, 2.45) is 0 Å². The number of hydrogen-bond acceptors (Lipinski definition) is 5. The van der Waals surface area contributed by atoms with Gasteiger partial charge in [0.1, 0.15) is 5.82 Å². The van der Waals surface area contributed by atoms with Gasteiger partial charge >= 0.3 is 0 Å². The zero-order valence-electron chi connectivity index (χ0n) is 16.2. The van der Waals surface area contributed by atoms with Crippen LogP contribution in [0.4, 0.5) is 15.8 Å². The molecule has 0 saturated heterocycles. The summed E-state index contributed by atoms with van der Waals surface area (Å²) in [6, 6.07) is 7.54. The lowest BCUT2D eigenvalue weighted by molar-refractivity contribution is -0.116. The van der Waals surface area contributed by atoms with Crippen molar-refractivity contribution in [2.45, 2.75) is 19.8 Å². The summed E-state index contributed by atoms with van der Waals surface area (Å²) in [6.07, 6.45) is 0.619. The van der Waals surface area contributed by atoms with Gasteiger partial charge in [0.25, 0.3) is 0 Å². The molecule has 2 N–H and O–H groups in total. The highest BCUT2D eigenvalue weighted by Crippen LogP contribution is 2.38. The minimum Gasteiger partial charge on any atom is -0.493 e. The van der Waals surface area contributed by atoms with Crippen LogP contribution in [-0.4, -0.2) is 33.1 Å². The number of rotatable bonds is 8. The molecule has 2 aromatic rings. The van der Waals surface area contributed by atoms with Gasteiger partial charge in [0.05, 0.1) is 27.0 Å². The van der Waals surface area contributed by atoms with E-state index >= 15 is 0 Å². The number of hydrogen-bond donors (Lipinski definition) is 2. The van der Waals surface area contributed by atoms with E-state index in [9.17, 15) is 14.0 Å². The third-order valence-electron chi connectivity index (χ3n) is 3.93. The van der Waals surface area contributed by atoms with Gasteiger partial charge in [-0.3, -0.25) is 9.59 Å². The van der Waals surface area contributed by atoms with Gasteiger partial charge in [-0.15, -0.1) is 0 Å². The van der Waals surface area contributed by atoms with Crippen LogP contribution in [0.5, 0.6) is 17.2 Å². The Morgan fingerprint density at radius 1 is 0.964 bits per heavy atom. The van der Waals surface area contributed by atoms with Crippen LogP contribution >= 0.6 is 0 Å². The molecule has 0 aliphatic carbocycles. The Morgan fingerprint density at radius 2 is 1.61 bits per heavy atom. The molecule has 8 heteroatoms. The highest BCUT2D eigenvalue weighted by molar-refractivity contribution is 5.93. The minimum atomic E-state index is -0.578. The molecule has 28 heavy (non-hydrogen) atoms. The molecule has 0 atom stereocenters. The molecule has 2 rings (SSSR count). The van der Waals surface area contributed by atoms with Crippen molar-refractivity contribution in [1.29, 1.82) is 0 Å². The Bertz CT molecular complexity index is 845. The van der Waals surface area contributed by atoms with Gasteiger partial charge in [0.2, 0.25) is 17.6 Å². The summed E-state index contributed by atoms with van der Waals surface area (Å²) >= 11 is 0. The van der Waals surface area contributed by atoms with Crippen molar-refractivity contribution in [3.63, 3.8) is 0 Å². The normalized spacial score (nSPS) is 10.2. The van der Waals surface area contributed by atoms with E-state index in [-0.39, 0.29) is 18.0 Å². The highest BCUT2D eigenvalue weighted by atomic mass is 19.1. The lowest BCUT2D eigenvalue weighted by atomic mass is 10.1. The average Bonchev–Trinajstić information content (AvgIpc) is 2.67. The van der Waals surface area contributed by atoms with Crippen LogP contribution in [0.3, 0.4) is 0 Å². The van der Waals surface area contributed by atoms with E-state index in [0.717, 1.165) is 5.56 Å². The Balaban J connectivity index is 2.06. The van der Waals surface area contributed by atoms with Gasteiger partial charge in [0, 0.05) is 19.0 Å². The molecule has 2 amide bonds. The predicted octanol–water partition coefficient (Wildman–Crippen LogP) is 3.38. The topological polar surface area (TPSA) is 85.9 Å². The summed E-state index contributed by atoms with van der Waals surface area (Å²) in [6.45, 7) is 1.28. The number of anilines is 2. The van der Waals surface area contributed by atoms with E-state index in [4.69, 9.17) is 14.2 Å². The first kappa shape index (κ1) is 21.0. The fraction of sp³-hybridized carbons (Fsp3) is 0.300. The van der Waals surface area contributed by atoms with E-state index in [2.05, 4.69) is 10.6 Å². The maximum absolute atomic E-state index is 13.7. The fourth-order valence-electron chi connectivity index (χ4n) is 2.65. The summed E-state index contributed by atoms with van der Waals surface area (Å²) in [4.78, 5) is 23.4. The maximum Gasteiger partial charge on any atom is 0.224 e. The minimum absolute atomic E-state index is 0.00919. The first-order chi connectivity index (χ1) is 13.4. The molecule has 0 spiro atoms.